The van der Waals surface area contributed by atoms with E-state index in [-0.39, 0.29) is 119 Å². The standard InChI is InChI=1S/C69H108N12O18/c1-47(2)53-41-50(14-15-55(53)76-56(65-57(95-5)12-7-13-58(65)96-6)42-54(70)66(91)77-69(68(93)94)51-37-48-36-49(39-51)40-52(69)38-48)67(92)81(25-11-23-78(3)4)24-8-18-73-59(82)16-17-60(83)74-19-9-30-97-32-34-99-35-33-98-31-10-20-75-61(84)43-71-21-26-79(45-63(87)88)28-29-80(46-64(89)90)27-22-72-44-62(85)86/h7,12-15,41-42,47-49,51-52,70-72,76H,8-11,16-40,43-46H2,1-6H3,(H,73,82)(H,74,83)(H,75,84)(H,77,91)(H,85,86)(H,87,88)(H,89,90)(H,93,94)/b56-42-,70-54?. The van der Waals surface area contributed by atoms with Gasteiger partial charge in [0.1, 0.15) is 22.7 Å². The molecule has 0 atom stereocenters. The molecule has 2 aromatic rings. The number of nitrogens with zero attached hydrogens (tertiary/aromatic N) is 4. The van der Waals surface area contributed by atoms with E-state index < -0.39 is 41.0 Å². The van der Waals surface area contributed by atoms with E-state index >= 15 is 0 Å². The first-order valence-electron chi connectivity index (χ1n) is 34.4. The van der Waals surface area contributed by atoms with Crippen LogP contribution >= 0.6 is 0 Å². The van der Waals surface area contributed by atoms with Crippen LogP contribution in [0.15, 0.2) is 42.5 Å². The third-order valence-corrected chi connectivity index (χ3v) is 17.9. The largest absolute Gasteiger partial charge is 0.496 e. The number of rotatable bonds is 53. The van der Waals surface area contributed by atoms with Gasteiger partial charge in [-0.3, -0.25) is 53.6 Å². The van der Waals surface area contributed by atoms with Gasteiger partial charge in [0.2, 0.25) is 17.7 Å². The molecular formula is C69H108N12O18. The minimum Gasteiger partial charge on any atom is -0.496 e. The Bertz CT molecular complexity index is 2950. The molecule has 12 N–H and O–H groups in total. The van der Waals surface area contributed by atoms with Gasteiger partial charge in [-0.2, -0.15) is 0 Å². The Labute approximate surface area is 580 Å². The van der Waals surface area contributed by atoms with Gasteiger partial charge in [-0.15, -0.1) is 0 Å². The van der Waals surface area contributed by atoms with Gasteiger partial charge in [-0.1, -0.05) is 19.9 Å². The van der Waals surface area contributed by atoms with Gasteiger partial charge in [-0.25, -0.2) is 4.79 Å². The lowest BCUT2D eigenvalue weighted by Gasteiger charge is -2.59. The summed E-state index contributed by atoms with van der Waals surface area (Å²) in [6.45, 7) is 9.57. The van der Waals surface area contributed by atoms with Crippen molar-refractivity contribution in [2.45, 2.75) is 95.9 Å². The Morgan fingerprint density at radius 2 is 1.10 bits per heavy atom. The summed E-state index contributed by atoms with van der Waals surface area (Å²) in [4.78, 5) is 120. The molecule has 4 bridgehead atoms. The van der Waals surface area contributed by atoms with Crippen molar-refractivity contribution in [2.24, 2.45) is 23.7 Å². The van der Waals surface area contributed by atoms with Crippen molar-refractivity contribution in [1.29, 1.82) is 5.41 Å². The molecule has 552 valence electrons. The van der Waals surface area contributed by atoms with E-state index in [1.165, 1.54) is 20.3 Å². The van der Waals surface area contributed by atoms with Gasteiger partial charge < -0.3 is 91.1 Å². The summed E-state index contributed by atoms with van der Waals surface area (Å²) in [5, 5.41) is 67.8. The first kappa shape index (κ1) is 81.8. The second-order valence-electron chi connectivity index (χ2n) is 26.0. The Morgan fingerprint density at radius 1 is 0.596 bits per heavy atom. The van der Waals surface area contributed by atoms with Crippen LogP contribution in [0.25, 0.3) is 5.70 Å². The van der Waals surface area contributed by atoms with Crippen molar-refractivity contribution in [3.05, 3.63) is 59.2 Å². The highest BCUT2D eigenvalue weighted by atomic mass is 16.5. The summed E-state index contributed by atoms with van der Waals surface area (Å²) in [5.74, 6) is -4.82. The van der Waals surface area contributed by atoms with Crippen LogP contribution in [0.3, 0.4) is 0 Å². The zero-order valence-corrected chi connectivity index (χ0v) is 58.6. The molecule has 0 unspecified atom stereocenters. The second-order valence-corrected chi connectivity index (χ2v) is 26.0. The number of amides is 5. The number of anilines is 1. The number of ether oxygens (including phenoxy) is 5. The molecule has 0 aliphatic heterocycles. The number of carboxylic acid groups (broad SMARTS) is 4. The Morgan fingerprint density at radius 3 is 1.60 bits per heavy atom. The Balaban J connectivity index is 0.962. The van der Waals surface area contributed by atoms with Crippen molar-refractivity contribution in [2.75, 3.05) is 178 Å². The number of carbonyl (C=O) groups excluding carboxylic acids is 5. The van der Waals surface area contributed by atoms with E-state index in [1.54, 1.807) is 45.0 Å². The molecule has 0 saturated heterocycles. The van der Waals surface area contributed by atoms with Gasteiger partial charge in [0.05, 0.1) is 78.1 Å². The monoisotopic (exact) mass is 1390 g/mol. The highest BCUT2D eigenvalue weighted by molar-refractivity contribution is 6.43. The molecular weight excluding hydrogens is 1280 g/mol. The molecule has 4 saturated carbocycles. The van der Waals surface area contributed by atoms with E-state index in [2.05, 4.69) is 37.2 Å². The number of methoxy groups -OCH3 is 2. The summed E-state index contributed by atoms with van der Waals surface area (Å²) in [6, 6.07) is 10.6. The summed E-state index contributed by atoms with van der Waals surface area (Å²) in [7, 11) is 6.94. The molecule has 30 nitrogen and oxygen atoms in total. The molecule has 0 radical (unpaired) electrons. The van der Waals surface area contributed by atoms with Crippen LogP contribution < -0.4 is 46.7 Å². The van der Waals surface area contributed by atoms with Crippen molar-refractivity contribution in [3.63, 3.8) is 0 Å². The maximum atomic E-state index is 14.5. The zero-order valence-electron chi connectivity index (χ0n) is 58.6. The molecule has 4 aliphatic carbocycles. The van der Waals surface area contributed by atoms with Crippen LogP contribution in [-0.4, -0.2) is 277 Å². The van der Waals surface area contributed by atoms with Gasteiger partial charge in [-0.05, 0) is 150 Å². The maximum absolute atomic E-state index is 14.5. The normalized spacial score (nSPS) is 17.7. The van der Waals surface area contributed by atoms with Crippen molar-refractivity contribution in [1.82, 2.24) is 51.5 Å². The first-order valence-corrected chi connectivity index (χ1v) is 34.4. The predicted octanol–water partition coefficient (Wildman–Crippen LogP) is 2.48. The third kappa shape index (κ3) is 28.4. The number of benzene rings is 2. The number of nitrogens with one attached hydrogen (secondary N) is 8. The Hall–Kier alpha value is -7.84. The fourth-order valence-corrected chi connectivity index (χ4v) is 13.2. The Kier molecular flexibility index (Phi) is 36.1. The van der Waals surface area contributed by atoms with Gasteiger partial charge in [0.25, 0.3) is 11.8 Å². The van der Waals surface area contributed by atoms with Crippen molar-refractivity contribution < 1.29 is 87.3 Å². The van der Waals surface area contributed by atoms with Crippen molar-refractivity contribution in [3.8, 4) is 11.5 Å². The van der Waals surface area contributed by atoms with Crippen LogP contribution in [0, 0.1) is 29.1 Å². The number of hydrogen-bond donors (Lipinski definition) is 12. The number of hydrogen-bond acceptors (Lipinski definition) is 21. The minimum atomic E-state index is -1.45. The van der Waals surface area contributed by atoms with Crippen LogP contribution in [0.4, 0.5) is 5.69 Å². The lowest BCUT2D eigenvalue weighted by atomic mass is 9.48. The predicted molar refractivity (Wildman–Crippen MR) is 370 cm³/mol. The quantitative estimate of drug-likeness (QED) is 0.0334. The summed E-state index contributed by atoms with van der Waals surface area (Å²) >= 11 is 0. The van der Waals surface area contributed by atoms with Crippen LogP contribution in [0.5, 0.6) is 11.5 Å². The first-order chi connectivity index (χ1) is 47.4. The van der Waals surface area contributed by atoms with Crippen LogP contribution in [-0.2, 0) is 52.6 Å². The van der Waals surface area contributed by atoms with Crippen molar-refractivity contribution >= 4 is 70.5 Å². The zero-order chi connectivity index (χ0) is 72.3. The summed E-state index contributed by atoms with van der Waals surface area (Å²) < 4.78 is 28.3. The van der Waals surface area contributed by atoms with Gasteiger partial charge >= 0.3 is 23.9 Å². The molecule has 4 fully saturated rings. The van der Waals surface area contributed by atoms with E-state index in [0.717, 1.165) is 44.2 Å². The molecule has 99 heavy (non-hydrogen) atoms. The van der Waals surface area contributed by atoms with Crippen LogP contribution in [0.2, 0.25) is 0 Å². The molecule has 0 heterocycles. The molecule has 0 spiro atoms. The third-order valence-electron chi connectivity index (χ3n) is 17.9. The number of carbonyl (C=O) groups is 9. The number of carboxylic acids is 4. The lowest BCUT2D eigenvalue weighted by molar-refractivity contribution is -0.166. The van der Waals surface area contributed by atoms with E-state index in [1.807, 2.05) is 38.9 Å². The average Bonchev–Trinajstić information content (AvgIpc) is 0.721. The number of aliphatic carboxylic acids is 4. The molecule has 5 amide bonds. The van der Waals surface area contributed by atoms with Crippen LogP contribution in [0.1, 0.15) is 112 Å². The van der Waals surface area contributed by atoms with Gasteiger partial charge in [0.15, 0.2) is 0 Å². The molecule has 0 aromatic heterocycles. The highest BCUT2D eigenvalue weighted by Crippen LogP contribution is 2.58. The highest BCUT2D eigenvalue weighted by Gasteiger charge is 2.62. The van der Waals surface area contributed by atoms with Gasteiger partial charge in [0, 0.05) is 109 Å². The minimum absolute atomic E-state index is 0.00497. The SMILES string of the molecule is COc1cccc(OC)c1/C(=C/C(=N)C(=O)NC1(C(=O)O)C2CC3CC(C2)CC1C3)Nc1ccc(C(=O)N(CCCNC(=O)CCC(=O)NCCCOCCOCCOCCCNC(=O)CNCCN(CCN(CCNCC(=O)O)CC(=O)O)CC(=O)O)CCCN(C)C)cc1C(C)C. The maximum Gasteiger partial charge on any atom is 0.330 e. The average molecular weight is 1390 g/mol. The summed E-state index contributed by atoms with van der Waals surface area (Å²) in [5.41, 5.74) is 0.610. The lowest BCUT2D eigenvalue weighted by Crippen LogP contribution is -2.70. The summed E-state index contributed by atoms with van der Waals surface area (Å²) in [6.07, 6.45) is 7.72. The fraction of sp³-hybridized carbons (Fsp3) is 0.652. The molecule has 6 rings (SSSR count). The van der Waals surface area contributed by atoms with E-state index in [9.17, 15) is 63.9 Å². The van der Waals surface area contributed by atoms with E-state index in [0.29, 0.717) is 145 Å². The smallest absolute Gasteiger partial charge is 0.330 e. The molecule has 30 heteroatoms. The second kappa shape index (κ2) is 43.6. The topological polar surface area (TPSA) is 402 Å². The molecule has 2 aromatic carbocycles. The van der Waals surface area contributed by atoms with E-state index in [4.69, 9.17) is 28.8 Å². The molecule has 4 aliphatic rings. The fourth-order valence-electron chi connectivity index (χ4n) is 13.2.